The summed E-state index contributed by atoms with van der Waals surface area (Å²) in [5.41, 5.74) is 1.00. The summed E-state index contributed by atoms with van der Waals surface area (Å²) in [5, 5.41) is 8.56. The predicted molar refractivity (Wildman–Crippen MR) is 154 cm³/mol. The highest BCUT2D eigenvalue weighted by Crippen LogP contribution is 2.37. The third-order valence-corrected chi connectivity index (χ3v) is 9.43. The number of likely N-dealkylation sites (N-methyl/N-ethyl adjacent to an activating group) is 1. The molecule has 0 spiro atoms. The van der Waals surface area contributed by atoms with Crippen LogP contribution in [-0.4, -0.2) is 90.4 Å². The fourth-order valence-corrected chi connectivity index (χ4v) is 7.43. The molecule has 216 valence electrons. The van der Waals surface area contributed by atoms with Crippen molar-refractivity contribution in [3.05, 3.63) is 52.0 Å². The van der Waals surface area contributed by atoms with Gasteiger partial charge in [0.15, 0.2) is 0 Å². The molecule has 4 atom stereocenters. The molecular formula is C30H41N5O4S. The molecule has 1 aromatic carbocycles. The second kappa shape index (κ2) is 13.3. The molecule has 3 aliphatic rings. The summed E-state index contributed by atoms with van der Waals surface area (Å²) >= 11 is 1.43. The van der Waals surface area contributed by atoms with Crippen LogP contribution in [0.5, 0.6) is 0 Å². The van der Waals surface area contributed by atoms with Crippen LogP contribution < -0.4 is 10.6 Å². The van der Waals surface area contributed by atoms with Gasteiger partial charge in [-0.2, -0.15) is 0 Å². The van der Waals surface area contributed by atoms with Crippen molar-refractivity contribution in [2.75, 3.05) is 39.8 Å². The van der Waals surface area contributed by atoms with Crippen LogP contribution in [0.3, 0.4) is 0 Å². The lowest BCUT2D eigenvalue weighted by Crippen LogP contribution is -2.60. The quantitative estimate of drug-likeness (QED) is 0.426. The number of thiazole rings is 1. The minimum atomic E-state index is -0.565. The lowest BCUT2D eigenvalue weighted by atomic mass is 9.83. The number of piperazine rings is 1. The zero-order valence-corrected chi connectivity index (χ0v) is 24.3. The average molecular weight is 568 g/mol. The Hall–Kier alpha value is -2.66. The first-order chi connectivity index (χ1) is 19.5. The Morgan fingerprint density at radius 3 is 2.60 bits per heavy atom. The first kappa shape index (κ1) is 28.9. The molecular weight excluding hydrogens is 526 g/mol. The second-order valence-electron chi connectivity index (χ2n) is 11.2. The number of nitrogens with one attached hydrogen (secondary N) is 2. The van der Waals surface area contributed by atoms with E-state index in [1.54, 1.807) is 24.6 Å². The summed E-state index contributed by atoms with van der Waals surface area (Å²) in [4.78, 5) is 49.4. The summed E-state index contributed by atoms with van der Waals surface area (Å²) in [7, 11) is 1.73. The predicted octanol–water partition coefficient (Wildman–Crippen LogP) is 3.02. The van der Waals surface area contributed by atoms with Crippen molar-refractivity contribution in [1.82, 2.24) is 25.4 Å². The molecule has 1 aliphatic carbocycles. The van der Waals surface area contributed by atoms with Gasteiger partial charge in [-0.3, -0.25) is 19.3 Å². The fraction of sp³-hybridized carbons (Fsp3) is 0.600. The summed E-state index contributed by atoms with van der Waals surface area (Å²) in [6, 6.07) is 8.50. The highest BCUT2D eigenvalue weighted by molar-refractivity contribution is 7.10. The molecule has 3 fully saturated rings. The molecule has 2 amide bonds. The number of carbonyl (C=O) groups is 3. The van der Waals surface area contributed by atoms with E-state index in [0.29, 0.717) is 31.0 Å². The van der Waals surface area contributed by atoms with Crippen molar-refractivity contribution < 1.29 is 19.1 Å². The zero-order chi connectivity index (χ0) is 28.1. The van der Waals surface area contributed by atoms with Gasteiger partial charge in [-0.25, -0.2) is 4.98 Å². The van der Waals surface area contributed by atoms with Crippen LogP contribution in [-0.2, 0) is 14.3 Å². The summed E-state index contributed by atoms with van der Waals surface area (Å²) in [5.74, 6) is -0.200. The van der Waals surface area contributed by atoms with E-state index in [4.69, 9.17) is 9.72 Å². The van der Waals surface area contributed by atoms with Gasteiger partial charge in [0.2, 0.25) is 17.6 Å². The topological polar surface area (TPSA) is 104 Å². The maximum absolute atomic E-state index is 14.4. The van der Waals surface area contributed by atoms with E-state index >= 15 is 0 Å². The molecule has 9 nitrogen and oxygen atoms in total. The molecule has 1 saturated carbocycles. The number of benzene rings is 1. The normalized spacial score (nSPS) is 24.4. The number of rotatable bonds is 10. The summed E-state index contributed by atoms with van der Waals surface area (Å²) in [6.07, 6.45) is 6.20. The number of amides is 2. The molecule has 40 heavy (non-hydrogen) atoms. The number of hydrogen-bond donors (Lipinski definition) is 2. The molecule has 2 aromatic rings. The van der Waals surface area contributed by atoms with Crippen molar-refractivity contribution in [2.24, 2.45) is 5.92 Å². The molecule has 1 aromatic heterocycles. The zero-order valence-electron chi connectivity index (χ0n) is 23.5. The van der Waals surface area contributed by atoms with Crippen molar-refractivity contribution in [1.29, 1.82) is 0 Å². The van der Waals surface area contributed by atoms with E-state index in [-0.39, 0.29) is 48.2 Å². The molecule has 4 unspecified atom stereocenters. The van der Waals surface area contributed by atoms with Gasteiger partial charge in [0.05, 0.1) is 18.7 Å². The van der Waals surface area contributed by atoms with E-state index < -0.39 is 6.04 Å². The first-order valence-corrected chi connectivity index (χ1v) is 15.5. The second-order valence-corrected chi connectivity index (χ2v) is 12.1. The number of aromatic nitrogens is 1. The van der Waals surface area contributed by atoms with E-state index in [1.165, 1.54) is 17.8 Å². The molecule has 0 bridgehead atoms. The average Bonchev–Trinajstić information content (AvgIpc) is 3.63. The highest BCUT2D eigenvalue weighted by atomic mass is 32.1. The SMILES string of the molecule is CCOC1CC2CN(C(=O)C(NC(=O)CNC)C3CCCCC3)C(c3nc(C(=O)c4ccccc4)cs3)CN2C1. The third-order valence-electron chi connectivity index (χ3n) is 8.48. The lowest BCUT2D eigenvalue weighted by Gasteiger charge is -2.45. The van der Waals surface area contributed by atoms with Crippen LogP contribution in [0.4, 0.5) is 0 Å². The van der Waals surface area contributed by atoms with Crippen LogP contribution in [0.1, 0.15) is 72.6 Å². The smallest absolute Gasteiger partial charge is 0.246 e. The maximum Gasteiger partial charge on any atom is 0.246 e. The Morgan fingerprint density at radius 1 is 1.10 bits per heavy atom. The monoisotopic (exact) mass is 567 g/mol. The van der Waals surface area contributed by atoms with Gasteiger partial charge in [0.25, 0.3) is 0 Å². The number of hydrogen-bond acceptors (Lipinski definition) is 8. The molecule has 0 radical (unpaired) electrons. The highest BCUT2D eigenvalue weighted by Gasteiger charge is 2.46. The molecule has 2 saturated heterocycles. The number of ketones is 1. The Kier molecular flexibility index (Phi) is 9.62. The van der Waals surface area contributed by atoms with Crippen LogP contribution in [0.25, 0.3) is 0 Å². The standard InChI is InChI=1S/C30H41N5O4S/c1-3-39-23-14-22-16-35(30(38)27(33-26(36)15-31-2)20-10-6-4-7-11-20)25(18-34(22)17-23)29-32-24(19-40-29)28(37)21-12-8-5-9-13-21/h5,8-9,12-13,19-20,22-23,25,27,31H,3-4,6-7,10-11,14-18H2,1-2H3,(H,33,36). The first-order valence-electron chi connectivity index (χ1n) is 14.6. The lowest BCUT2D eigenvalue weighted by molar-refractivity contribution is -0.144. The Morgan fingerprint density at radius 2 is 1.88 bits per heavy atom. The van der Waals surface area contributed by atoms with Gasteiger partial charge in [-0.05, 0) is 39.2 Å². The van der Waals surface area contributed by atoms with Crippen LogP contribution in [0.15, 0.2) is 35.7 Å². The van der Waals surface area contributed by atoms with Crippen molar-refractivity contribution in [3.8, 4) is 0 Å². The summed E-state index contributed by atoms with van der Waals surface area (Å²) in [6.45, 7) is 4.86. The van der Waals surface area contributed by atoms with Crippen LogP contribution in [0, 0.1) is 5.92 Å². The van der Waals surface area contributed by atoms with Gasteiger partial charge in [0, 0.05) is 43.2 Å². The fourth-order valence-electron chi connectivity index (χ4n) is 6.53. The van der Waals surface area contributed by atoms with E-state index in [9.17, 15) is 14.4 Å². The van der Waals surface area contributed by atoms with E-state index in [0.717, 1.165) is 43.7 Å². The van der Waals surface area contributed by atoms with Gasteiger partial charge in [-0.15, -0.1) is 11.3 Å². The van der Waals surface area contributed by atoms with E-state index in [2.05, 4.69) is 15.5 Å². The number of fused-ring (bicyclic) bond motifs is 1. The Labute approximate surface area is 240 Å². The van der Waals surface area contributed by atoms with Crippen molar-refractivity contribution in [3.63, 3.8) is 0 Å². The number of carbonyl (C=O) groups excluding carboxylic acids is 3. The van der Waals surface area contributed by atoms with Crippen molar-refractivity contribution in [2.45, 2.75) is 69.7 Å². The van der Waals surface area contributed by atoms with Crippen LogP contribution in [0.2, 0.25) is 0 Å². The largest absolute Gasteiger partial charge is 0.377 e. The molecule has 2 aliphatic heterocycles. The molecule has 5 rings (SSSR count). The molecule has 3 heterocycles. The minimum absolute atomic E-state index is 0.0352. The van der Waals surface area contributed by atoms with Crippen molar-refractivity contribution >= 4 is 28.9 Å². The maximum atomic E-state index is 14.4. The summed E-state index contributed by atoms with van der Waals surface area (Å²) < 4.78 is 5.97. The van der Waals surface area contributed by atoms with Crippen LogP contribution >= 0.6 is 11.3 Å². The molecule has 10 heteroatoms. The Bertz CT molecular complexity index is 1170. The number of ether oxygens (including phenoxy) is 1. The third kappa shape index (κ3) is 6.46. The van der Waals surface area contributed by atoms with Gasteiger partial charge >= 0.3 is 0 Å². The van der Waals surface area contributed by atoms with Gasteiger partial charge < -0.3 is 20.3 Å². The molecule has 2 N–H and O–H groups in total. The Balaban J connectivity index is 1.44. The van der Waals surface area contributed by atoms with E-state index in [1.807, 2.05) is 30.0 Å². The minimum Gasteiger partial charge on any atom is -0.377 e. The van der Waals surface area contributed by atoms with Gasteiger partial charge in [-0.1, -0.05) is 49.6 Å². The number of nitrogens with zero attached hydrogens (tertiary/aromatic N) is 3. The van der Waals surface area contributed by atoms with Gasteiger partial charge in [0.1, 0.15) is 16.7 Å².